The van der Waals surface area contributed by atoms with Gasteiger partial charge in [0.1, 0.15) is 0 Å². The molecule has 0 aliphatic carbocycles. The maximum atomic E-state index is 10.5. The van der Waals surface area contributed by atoms with Crippen LogP contribution in [0.25, 0.3) is 0 Å². The highest BCUT2D eigenvalue weighted by Crippen LogP contribution is 2.15. The summed E-state index contributed by atoms with van der Waals surface area (Å²) in [6, 6.07) is 0. The van der Waals surface area contributed by atoms with Gasteiger partial charge in [-0.1, -0.05) is 13.8 Å². The predicted molar refractivity (Wildman–Crippen MR) is 49.0 cm³/mol. The minimum atomic E-state index is -0.207. The summed E-state index contributed by atoms with van der Waals surface area (Å²) in [4.78, 5) is 12.6. The number of ether oxygens (including phenoxy) is 1. The molecule has 3 nitrogen and oxygen atoms in total. The first-order valence-corrected chi connectivity index (χ1v) is 4.11. The van der Waals surface area contributed by atoms with Crippen LogP contribution in [0.4, 0.5) is 0 Å². The zero-order valence-corrected chi connectivity index (χ0v) is 8.68. The Hall–Kier alpha value is -0.570. The van der Waals surface area contributed by atoms with Crippen LogP contribution in [0, 0.1) is 5.41 Å². The fourth-order valence-corrected chi connectivity index (χ4v) is 1.20. The molecule has 72 valence electrons. The lowest BCUT2D eigenvalue weighted by molar-refractivity contribution is -0.144. The summed E-state index contributed by atoms with van der Waals surface area (Å²) in [5, 5.41) is 0. The molecule has 0 aliphatic heterocycles. The third-order valence-electron chi connectivity index (χ3n) is 1.41. The molecule has 0 aromatic carbocycles. The van der Waals surface area contributed by atoms with E-state index in [4.69, 9.17) is 4.74 Å². The van der Waals surface area contributed by atoms with Gasteiger partial charge in [-0.3, -0.25) is 4.79 Å². The van der Waals surface area contributed by atoms with E-state index in [2.05, 4.69) is 18.7 Å². The lowest BCUT2D eigenvalue weighted by Gasteiger charge is -2.27. The second-order valence-electron chi connectivity index (χ2n) is 4.18. The van der Waals surface area contributed by atoms with E-state index in [1.807, 2.05) is 14.1 Å². The van der Waals surface area contributed by atoms with E-state index in [9.17, 15) is 4.79 Å². The Morgan fingerprint density at radius 3 is 2.25 bits per heavy atom. The minimum absolute atomic E-state index is 0.0369. The Morgan fingerprint density at radius 2 is 1.92 bits per heavy atom. The maximum Gasteiger partial charge on any atom is 0.302 e. The van der Waals surface area contributed by atoms with Gasteiger partial charge in [-0.15, -0.1) is 0 Å². The maximum absolute atomic E-state index is 10.5. The van der Waals surface area contributed by atoms with Gasteiger partial charge in [-0.05, 0) is 14.1 Å². The van der Waals surface area contributed by atoms with Gasteiger partial charge < -0.3 is 9.64 Å². The average molecular weight is 173 g/mol. The lowest BCUT2D eigenvalue weighted by Crippen LogP contribution is -2.33. The van der Waals surface area contributed by atoms with E-state index in [0.717, 1.165) is 6.54 Å². The first-order valence-electron chi connectivity index (χ1n) is 4.11. The lowest BCUT2D eigenvalue weighted by atomic mass is 9.94. The fraction of sp³-hybridized carbons (Fsp3) is 0.889. The normalized spacial score (nSPS) is 11.8. The van der Waals surface area contributed by atoms with Gasteiger partial charge in [0.15, 0.2) is 0 Å². The first-order chi connectivity index (χ1) is 5.33. The topological polar surface area (TPSA) is 29.5 Å². The molecule has 0 aromatic heterocycles. The Balaban J connectivity index is 3.78. The second-order valence-corrected chi connectivity index (χ2v) is 4.18. The quantitative estimate of drug-likeness (QED) is 0.597. The molecular weight excluding hydrogens is 154 g/mol. The standard InChI is InChI=1S/C9H19NO2/c1-8(11)12-7-9(2,3)6-10(4)5/h6-7H2,1-5H3. The first kappa shape index (κ1) is 11.4. The molecule has 0 amide bonds. The molecule has 0 aromatic rings. The highest BCUT2D eigenvalue weighted by molar-refractivity contribution is 5.65. The van der Waals surface area contributed by atoms with Crippen LogP contribution in [0.3, 0.4) is 0 Å². The largest absolute Gasteiger partial charge is 0.465 e. The number of nitrogens with zero attached hydrogens (tertiary/aromatic N) is 1. The molecule has 0 saturated carbocycles. The highest BCUT2D eigenvalue weighted by atomic mass is 16.5. The summed E-state index contributed by atoms with van der Waals surface area (Å²) in [6.45, 7) is 7.00. The number of carbonyl (C=O) groups is 1. The van der Waals surface area contributed by atoms with Crippen LogP contribution < -0.4 is 0 Å². The van der Waals surface area contributed by atoms with Gasteiger partial charge in [-0.25, -0.2) is 0 Å². The number of carbonyl (C=O) groups excluding carboxylic acids is 1. The van der Waals surface area contributed by atoms with Crippen molar-refractivity contribution in [1.29, 1.82) is 0 Å². The molecular formula is C9H19NO2. The zero-order valence-electron chi connectivity index (χ0n) is 8.68. The summed E-state index contributed by atoms with van der Waals surface area (Å²) in [5.41, 5.74) is 0.0369. The summed E-state index contributed by atoms with van der Waals surface area (Å²) >= 11 is 0. The van der Waals surface area contributed by atoms with Crippen LogP contribution in [0.1, 0.15) is 20.8 Å². The van der Waals surface area contributed by atoms with Gasteiger partial charge in [-0.2, -0.15) is 0 Å². The summed E-state index contributed by atoms with van der Waals surface area (Å²) in [5.74, 6) is -0.207. The van der Waals surface area contributed by atoms with Gasteiger partial charge in [0.25, 0.3) is 0 Å². The summed E-state index contributed by atoms with van der Waals surface area (Å²) in [6.07, 6.45) is 0. The molecule has 0 radical (unpaired) electrons. The molecule has 3 heteroatoms. The van der Waals surface area contributed by atoms with E-state index >= 15 is 0 Å². The highest BCUT2D eigenvalue weighted by Gasteiger charge is 2.20. The van der Waals surface area contributed by atoms with Crippen molar-refractivity contribution in [3.63, 3.8) is 0 Å². The van der Waals surface area contributed by atoms with Crippen molar-refractivity contribution in [3.8, 4) is 0 Å². The van der Waals surface area contributed by atoms with E-state index < -0.39 is 0 Å². The number of hydrogen-bond acceptors (Lipinski definition) is 3. The van der Waals surface area contributed by atoms with Gasteiger partial charge in [0.05, 0.1) is 6.61 Å². The average Bonchev–Trinajstić information content (AvgIpc) is 1.81. The number of esters is 1. The van der Waals surface area contributed by atoms with Crippen molar-refractivity contribution in [2.24, 2.45) is 5.41 Å². The smallest absolute Gasteiger partial charge is 0.302 e. The fourth-order valence-electron chi connectivity index (χ4n) is 1.20. The number of hydrogen-bond donors (Lipinski definition) is 0. The Labute approximate surface area is 74.7 Å². The molecule has 12 heavy (non-hydrogen) atoms. The molecule has 0 atom stereocenters. The Kier molecular flexibility index (Phi) is 4.24. The Bertz CT molecular complexity index is 153. The summed E-state index contributed by atoms with van der Waals surface area (Å²) in [7, 11) is 4.02. The number of rotatable bonds is 4. The zero-order chi connectivity index (χ0) is 9.78. The molecule has 0 unspecified atom stereocenters. The summed E-state index contributed by atoms with van der Waals surface area (Å²) < 4.78 is 4.94. The van der Waals surface area contributed by atoms with Crippen LogP contribution in [-0.2, 0) is 9.53 Å². The Morgan fingerprint density at radius 1 is 1.42 bits per heavy atom. The van der Waals surface area contributed by atoms with Crippen molar-refractivity contribution in [2.45, 2.75) is 20.8 Å². The van der Waals surface area contributed by atoms with Crippen LogP contribution in [0.15, 0.2) is 0 Å². The molecule has 0 N–H and O–H groups in total. The van der Waals surface area contributed by atoms with Gasteiger partial charge >= 0.3 is 5.97 Å². The van der Waals surface area contributed by atoms with E-state index in [1.54, 1.807) is 0 Å². The molecule has 0 heterocycles. The van der Waals surface area contributed by atoms with E-state index in [0.29, 0.717) is 6.61 Å². The van der Waals surface area contributed by atoms with Gasteiger partial charge in [0.2, 0.25) is 0 Å². The van der Waals surface area contributed by atoms with Crippen LogP contribution in [-0.4, -0.2) is 38.1 Å². The van der Waals surface area contributed by atoms with Crippen LogP contribution in [0.2, 0.25) is 0 Å². The van der Waals surface area contributed by atoms with Crippen molar-refractivity contribution in [2.75, 3.05) is 27.2 Å². The predicted octanol–water partition coefficient (Wildman–Crippen LogP) is 1.14. The monoisotopic (exact) mass is 173 g/mol. The van der Waals surface area contributed by atoms with E-state index in [1.165, 1.54) is 6.92 Å². The molecule has 0 spiro atoms. The molecule has 0 bridgehead atoms. The van der Waals surface area contributed by atoms with E-state index in [-0.39, 0.29) is 11.4 Å². The third-order valence-corrected chi connectivity index (χ3v) is 1.41. The SMILES string of the molecule is CC(=O)OCC(C)(C)CN(C)C. The van der Waals surface area contributed by atoms with Gasteiger partial charge in [0, 0.05) is 18.9 Å². The third kappa shape index (κ3) is 6.16. The van der Waals surface area contributed by atoms with Crippen molar-refractivity contribution in [3.05, 3.63) is 0 Å². The second kappa shape index (κ2) is 4.45. The molecule has 0 saturated heterocycles. The van der Waals surface area contributed by atoms with Crippen molar-refractivity contribution >= 4 is 5.97 Å². The van der Waals surface area contributed by atoms with Crippen LogP contribution in [0.5, 0.6) is 0 Å². The van der Waals surface area contributed by atoms with Crippen molar-refractivity contribution < 1.29 is 9.53 Å². The van der Waals surface area contributed by atoms with Crippen molar-refractivity contribution in [1.82, 2.24) is 4.90 Å². The minimum Gasteiger partial charge on any atom is -0.465 e. The molecule has 0 rings (SSSR count). The molecule has 0 aliphatic rings. The molecule has 0 fully saturated rings. The van der Waals surface area contributed by atoms with Crippen LogP contribution >= 0.6 is 0 Å².